The predicted molar refractivity (Wildman–Crippen MR) is 48.8 cm³/mol. The van der Waals surface area contributed by atoms with Crippen LogP contribution in [-0.2, 0) is 4.79 Å². The fraction of sp³-hybridized carbons (Fsp3) is 0.778. The first-order valence-corrected chi connectivity index (χ1v) is 4.52. The molecule has 4 heteroatoms. The Balaban J connectivity index is 2.53. The van der Waals surface area contributed by atoms with E-state index < -0.39 is 0 Å². The third-order valence-corrected chi connectivity index (χ3v) is 2.65. The van der Waals surface area contributed by atoms with E-state index >= 15 is 0 Å². The summed E-state index contributed by atoms with van der Waals surface area (Å²) < 4.78 is 0. The lowest BCUT2D eigenvalue weighted by molar-refractivity contribution is -0.115. The first-order valence-electron chi connectivity index (χ1n) is 4.52. The molecule has 0 bridgehead atoms. The third-order valence-electron chi connectivity index (χ3n) is 2.65. The van der Waals surface area contributed by atoms with E-state index in [-0.39, 0.29) is 5.41 Å². The number of aldehydes is 1. The zero-order valence-electron chi connectivity index (χ0n) is 7.92. The molecular formula is C9H15N3O. The van der Waals surface area contributed by atoms with Crippen molar-refractivity contribution in [2.24, 2.45) is 5.41 Å². The summed E-state index contributed by atoms with van der Waals surface area (Å²) in [6, 6.07) is 0. The molecule has 72 valence electrons. The second-order valence-corrected chi connectivity index (χ2v) is 3.61. The molecule has 1 N–H and O–H groups in total. The number of nitrogens with zero attached hydrogens (tertiary/aromatic N) is 2. The molecule has 0 aromatic heterocycles. The van der Waals surface area contributed by atoms with Gasteiger partial charge in [-0.25, -0.2) is 0 Å². The summed E-state index contributed by atoms with van der Waals surface area (Å²) in [6.45, 7) is 2.14. The van der Waals surface area contributed by atoms with Gasteiger partial charge in [0.2, 0.25) is 0 Å². The quantitative estimate of drug-likeness (QED) is 0.488. The molecule has 1 aliphatic rings. The van der Waals surface area contributed by atoms with Crippen LogP contribution in [-0.4, -0.2) is 37.9 Å². The van der Waals surface area contributed by atoms with Crippen LogP contribution in [0.4, 0.5) is 0 Å². The van der Waals surface area contributed by atoms with Crippen molar-refractivity contribution in [3.63, 3.8) is 0 Å². The topological polar surface area (TPSA) is 56.1 Å². The van der Waals surface area contributed by atoms with Crippen molar-refractivity contribution < 1.29 is 4.79 Å². The van der Waals surface area contributed by atoms with Crippen LogP contribution in [0.25, 0.3) is 0 Å². The predicted octanol–water partition coefficient (Wildman–Crippen LogP) is -0.0320. The third kappa shape index (κ3) is 2.19. The van der Waals surface area contributed by atoms with E-state index in [4.69, 9.17) is 5.26 Å². The Bertz CT molecular complexity index is 223. The normalized spacial score (nSPS) is 27.2. The van der Waals surface area contributed by atoms with Crippen LogP contribution in [0.15, 0.2) is 0 Å². The van der Waals surface area contributed by atoms with Gasteiger partial charge in [-0.3, -0.25) is 0 Å². The highest BCUT2D eigenvalue weighted by atomic mass is 16.1. The highest BCUT2D eigenvalue weighted by Crippen LogP contribution is 2.30. The van der Waals surface area contributed by atoms with Crippen LogP contribution in [0.1, 0.15) is 12.8 Å². The minimum atomic E-state index is -0.279. The Labute approximate surface area is 78.5 Å². The molecule has 1 rings (SSSR count). The molecule has 0 aromatic carbocycles. The molecule has 1 fully saturated rings. The van der Waals surface area contributed by atoms with Gasteiger partial charge in [-0.05, 0) is 26.4 Å². The molecule has 1 saturated heterocycles. The second kappa shape index (κ2) is 4.24. The van der Waals surface area contributed by atoms with Gasteiger partial charge in [-0.1, -0.05) is 0 Å². The summed E-state index contributed by atoms with van der Waals surface area (Å²) in [4.78, 5) is 12.6. The lowest BCUT2D eigenvalue weighted by Gasteiger charge is -2.20. The molecule has 0 unspecified atom stereocenters. The van der Waals surface area contributed by atoms with E-state index in [9.17, 15) is 4.79 Å². The van der Waals surface area contributed by atoms with Crippen molar-refractivity contribution in [2.45, 2.75) is 12.8 Å². The molecule has 1 aliphatic heterocycles. The van der Waals surface area contributed by atoms with E-state index in [1.807, 2.05) is 7.05 Å². The van der Waals surface area contributed by atoms with Crippen molar-refractivity contribution >= 4 is 6.29 Å². The summed E-state index contributed by atoms with van der Waals surface area (Å²) in [5, 5.41) is 11.7. The second-order valence-electron chi connectivity index (χ2n) is 3.61. The van der Waals surface area contributed by atoms with Crippen LogP contribution >= 0.6 is 0 Å². The minimum absolute atomic E-state index is 0.279. The lowest BCUT2D eigenvalue weighted by Crippen LogP contribution is -2.30. The standard InChI is InChI=1S/C9H15N3O/c1-11-4-2-9(7-13)3-5-12(6-9)8-10/h7,11H,2-6H2,1H3/t9-/m1/s1. The molecule has 0 spiro atoms. The van der Waals surface area contributed by atoms with E-state index in [0.717, 1.165) is 32.2 Å². The SMILES string of the molecule is CNCC[C@@]1(C=O)CCN(C#N)C1. The molecule has 0 aromatic rings. The molecule has 0 amide bonds. The molecule has 4 nitrogen and oxygen atoms in total. The Kier molecular flexibility index (Phi) is 3.26. The first-order chi connectivity index (χ1) is 6.26. The number of carbonyl (C=O) groups is 1. The number of nitriles is 1. The molecule has 13 heavy (non-hydrogen) atoms. The highest BCUT2D eigenvalue weighted by Gasteiger charge is 2.37. The number of hydrogen-bond donors (Lipinski definition) is 1. The van der Waals surface area contributed by atoms with Crippen LogP contribution < -0.4 is 5.32 Å². The van der Waals surface area contributed by atoms with Gasteiger partial charge in [0.25, 0.3) is 0 Å². The summed E-state index contributed by atoms with van der Waals surface area (Å²) in [7, 11) is 1.87. The summed E-state index contributed by atoms with van der Waals surface area (Å²) in [5.41, 5.74) is -0.279. The Morgan fingerprint density at radius 1 is 1.77 bits per heavy atom. The van der Waals surface area contributed by atoms with Gasteiger partial charge in [0.05, 0.1) is 0 Å². The van der Waals surface area contributed by atoms with Gasteiger partial charge in [-0.15, -0.1) is 0 Å². The van der Waals surface area contributed by atoms with Crippen molar-refractivity contribution in [3.05, 3.63) is 0 Å². The van der Waals surface area contributed by atoms with Gasteiger partial charge in [0.1, 0.15) is 6.29 Å². The van der Waals surface area contributed by atoms with Crippen LogP contribution in [0.2, 0.25) is 0 Å². The number of nitrogens with one attached hydrogen (secondary N) is 1. The Morgan fingerprint density at radius 3 is 3.00 bits per heavy atom. The zero-order chi connectivity index (χ0) is 9.73. The van der Waals surface area contributed by atoms with E-state index in [0.29, 0.717) is 6.54 Å². The maximum atomic E-state index is 10.9. The number of hydrogen-bond acceptors (Lipinski definition) is 4. The average Bonchev–Trinajstić information content (AvgIpc) is 2.59. The summed E-state index contributed by atoms with van der Waals surface area (Å²) >= 11 is 0. The van der Waals surface area contributed by atoms with Crippen molar-refractivity contribution in [1.29, 1.82) is 5.26 Å². The van der Waals surface area contributed by atoms with Crippen LogP contribution in [0, 0.1) is 16.9 Å². The van der Waals surface area contributed by atoms with Crippen molar-refractivity contribution in [2.75, 3.05) is 26.7 Å². The number of rotatable bonds is 4. The monoisotopic (exact) mass is 181 g/mol. The lowest BCUT2D eigenvalue weighted by atomic mass is 9.85. The van der Waals surface area contributed by atoms with Crippen LogP contribution in [0.3, 0.4) is 0 Å². The first kappa shape index (κ1) is 10.0. The molecule has 1 atom stereocenters. The smallest absolute Gasteiger partial charge is 0.179 e. The van der Waals surface area contributed by atoms with Gasteiger partial charge >= 0.3 is 0 Å². The van der Waals surface area contributed by atoms with E-state index in [2.05, 4.69) is 11.5 Å². The van der Waals surface area contributed by atoms with Gasteiger partial charge in [-0.2, -0.15) is 5.26 Å². The average molecular weight is 181 g/mol. The minimum Gasteiger partial charge on any atom is -0.320 e. The van der Waals surface area contributed by atoms with Crippen molar-refractivity contribution in [1.82, 2.24) is 10.2 Å². The van der Waals surface area contributed by atoms with E-state index in [1.165, 1.54) is 0 Å². The molecule has 1 heterocycles. The summed E-state index contributed by atoms with van der Waals surface area (Å²) in [6.07, 6.45) is 4.73. The Hall–Kier alpha value is -1.08. The van der Waals surface area contributed by atoms with Crippen molar-refractivity contribution in [3.8, 4) is 6.19 Å². The maximum absolute atomic E-state index is 10.9. The maximum Gasteiger partial charge on any atom is 0.179 e. The molecule has 0 aliphatic carbocycles. The van der Waals surface area contributed by atoms with Crippen LogP contribution in [0.5, 0.6) is 0 Å². The molecule has 0 radical (unpaired) electrons. The molecular weight excluding hydrogens is 166 g/mol. The zero-order valence-corrected chi connectivity index (χ0v) is 7.92. The highest BCUT2D eigenvalue weighted by molar-refractivity contribution is 5.60. The number of carbonyl (C=O) groups excluding carboxylic acids is 1. The van der Waals surface area contributed by atoms with E-state index in [1.54, 1.807) is 4.90 Å². The fourth-order valence-electron chi connectivity index (χ4n) is 1.71. The van der Waals surface area contributed by atoms with Gasteiger partial charge in [0, 0.05) is 18.5 Å². The number of likely N-dealkylation sites (tertiary alicyclic amines) is 1. The summed E-state index contributed by atoms with van der Waals surface area (Å²) in [5.74, 6) is 0. The fourth-order valence-corrected chi connectivity index (χ4v) is 1.71. The Morgan fingerprint density at radius 2 is 2.54 bits per heavy atom. The largest absolute Gasteiger partial charge is 0.320 e. The van der Waals surface area contributed by atoms with Gasteiger partial charge < -0.3 is 15.0 Å². The molecule has 0 saturated carbocycles. The van der Waals surface area contributed by atoms with Gasteiger partial charge in [0.15, 0.2) is 6.19 Å².